The third-order valence-corrected chi connectivity index (χ3v) is 2.98. The van der Waals surface area contributed by atoms with Gasteiger partial charge in [-0.05, 0) is 6.42 Å². The Kier molecular flexibility index (Phi) is 36.8. The van der Waals surface area contributed by atoms with Crippen LogP contribution >= 0.6 is 0 Å². The minimum atomic E-state index is 0. The molecule has 5 heteroatoms. The van der Waals surface area contributed by atoms with Crippen LogP contribution in [0.25, 0.3) is 0 Å². The number of unbranched alkanes of at least 4 members (excludes halogenated alkanes) is 9. The van der Waals surface area contributed by atoms with E-state index in [0.29, 0.717) is 19.8 Å². The second-order valence-electron chi connectivity index (χ2n) is 4.97. The summed E-state index contributed by atoms with van der Waals surface area (Å²) >= 11 is 0. The van der Waals surface area contributed by atoms with Crippen LogP contribution in [0, 0.1) is 0 Å². The zero-order valence-electron chi connectivity index (χ0n) is 13.4. The molecule has 0 aliphatic heterocycles. The van der Waals surface area contributed by atoms with Crippen molar-refractivity contribution in [1.82, 2.24) is 0 Å². The Morgan fingerprint density at radius 3 is 1.29 bits per heavy atom. The second-order valence-corrected chi connectivity index (χ2v) is 4.97. The Bertz CT molecular complexity index is 134. The van der Waals surface area contributed by atoms with E-state index in [1.165, 1.54) is 57.8 Å². The van der Waals surface area contributed by atoms with Gasteiger partial charge in [0, 0.05) is 6.61 Å². The second kappa shape index (κ2) is 28.9. The molecule has 4 nitrogen and oxygen atoms in total. The molecule has 0 aliphatic carbocycles. The molecule has 0 atom stereocenters. The van der Waals surface area contributed by atoms with Gasteiger partial charge in [0.15, 0.2) is 0 Å². The van der Waals surface area contributed by atoms with E-state index in [2.05, 4.69) is 11.7 Å². The van der Waals surface area contributed by atoms with Gasteiger partial charge in [-0.2, -0.15) is 0 Å². The molecule has 0 aromatic carbocycles. The molecule has 0 amide bonds. The standard InChI is InChI=1S/C12H26O.C4H10O3.Na.H/c1-2-3-4-5-6-7-8-9-10-11-12-13;5-1-3-7-4-2-6;;/h13H,2-12H2,1H3;5-6H,1-4H2;;. The van der Waals surface area contributed by atoms with Crippen molar-refractivity contribution in [1.29, 1.82) is 0 Å². The van der Waals surface area contributed by atoms with Gasteiger partial charge in [-0.1, -0.05) is 64.7 Å². The molecule has 3 N–H and O–H groups in total. The van der Waals surface area contributed by atoms with Gasteiger partial charge in [0.25, 0.3) is 0 Å². The van der Waals surface area contributed by atoms with E-state index in [4.69, 9.17) is 15.3 Å². The number of aliphatic hydroxyl groups is 3. The summed E-state index contributed by atoms with van der Waals surface area (Å²) in [5.41, 5.74) is 0. The van der Waals surface area contributed by atoms with Gasteiger partial charge in [-0.3, -0.25) is 0 Å². The van der Waals surface area contributed by atoms with E-state index >= 15 is 0 Å². The van der Waals surface area contributed by atoms with Gasteiger partial charge in [-0.25, -0.2) is 0 Å². The first-order chi connectivity index (χ1) is 9.83. The van der Waals surface area contributed by atoms with E-state index in [9.17, 15) is 0 Å². The summed E-state index contributed by atoms with van der Waals surface area (Å²) < 4.78 is 4.63. The molecular weight excluding hydrogens is 279 g/mol. The van der Waals surface area contributed by atoms with Crippen LogP contribution in [0.1, 0.15) is 71.1 Å². The maximum atomic E-state index is 8.57. The Hall–Kier alpha value is 0.840. The zero-order valence-corrected chi connectivity index (χ0v) is 13.4. The SMILES string of the molecule is CCCCCCCCCCCCO.OCCOCCO.[NaH]. The average molecular weight is 316 g/mol. The Labute approximate surface area is 153 Å². The molecule has 0 saturated heterocycles. The molecule has 0 aromatic heterocycles. The molecule has 0 fully saturated rings. The first-order valence-electron chi connectivity index (χ1n) is 8.23. The monoisotopic (exact) mass is 316 g/mol. The van der Waals surface area contributed by atoms with E-state index in [1.54, 1.807) is 0 Å². The van der Waals surface area contributed by atoms with Crippen molar-refractivity contribution in [3.63, 3.8) is 0 Å². The first-order valence-corrected chi connectivity index (χ1v) is 8.23. The molecule has 0 rings (SSSR count). The van der Waals surface area contributed by atoms with Gasteiger partial charge in [0.1, 0.15) is 0 Å². The van der Waals surface area contributed by atoms with Crippen LogP contribution < -0.4 is 0 Å². The fourth-order valence-electron chi connectivity index (χ4n) is 1.83. The van der Waals surface area contributed by atoms with E-state index in [0.717, 1.165) is 6.42 Å². The van der Waals surface area contributed by atoms with Crippen molar-refractivity contribution < 1.29 is 20.1 Å². The predicted molar refractivity (Wildman–Crippen MR) is 91.1 cm³/mol. The van der Waals surface area contributed by atoms with Crippen molar-refractivity contribution in [2.75, 3.05) is 33.0 Å². The van der Waals surface area contributed by atoms with Crippen molar-refractivity contribution >= 4 is 29.6 Å². The van der Waals surface area contributed by atoms with Gasteiger partial charge >= 0.3 is 29.6 Å². The van der Waals surface area contributed by atoms with Crippen LogP contribution in [0.4, 0.5) is 0 Å². The summed E-state index contributed by atoms with van der Waals surface area (Å²) in [5, 5.41) is 24.7. The molecular formula is C16H37NaO4. The molecule has 0 spiro atoms. The molecule has 0 heterocycles. The third kappa shape index (κ3) is 33.6. The van der Waals surface area contributed by atoms with Gasteiger partial charge in [-0.15, -0.1) is 0 Å². The summed E-state index contributed by atoms with van der Waals surface area (Å²) in [4.78, 5) is 0. The maximum absolute atomic E-state index is 8.57. The van der Waals surface area contributed by atoms with Crippen molar-refractivity contribution in [2.24, 2.45) is 0 Å². The predicted octanol–water partition coefficient (Wildman–Crippen LogP) is 2.24. The van der Waals surface area contributed by atoms with Crippen LogP contribution in [0.15, 0.2) is 0 Å². The van der Waals surface area contributed by atoms with E-state index in [-0.39, 0.29) is 42.8 Å². The average Bonchev–Trinajstić information content (AvgIpc) is 2.47. The fourth-order valence-corrected chi connectivity index (χ4v) is 1.83. The molecule has 0 bridgehead atoms. The molecule has 21 heavy (non-hydrogen) atoms. The Morgan fingerprint density at radius 2 is 0.952 bits per heavy atom. The first kappa shape index (κ1) is 26.7. The molecule has 0 aromatic rings. The fraction of sp³-hybridized carbons (Fsp3) is 1.00. The topological polar surface area (TPSA) is 69.9 Å². The minimum absolute atomic E-state index is 0. The summed E-state index contributed by atoms with van der Waals surface area (Å²) in [5.74, 6) is 0. The number of aliphatic hydroxyl groups excluding tert-OH is 3. The Balaban J connectivity index is -0.000000347. The molecule has 0 unspecified atom stereocenters. The molecule has 0 saturated carbocycles. The molecule has 0 radical (unpaired) electrons. The van der Waals surface area contributed by atoms with Crippen molar-refractivity contribution in [3.05, 3.63) is 0 Å². The Morgan fingerprint density at radius 1 is 0.571 bits per heavy atom. The third-order valence-electron chi connectivity index (χ3n) is 2.98. The van der Waals surface area contributed by atoms with Crippen LogP contribution in [0.3, 0.4) is 0 Å². The number of rotatable bonds is 14. The van der Waals surface area contributed by atoms with Gasteiger partial charge < -0.3 is 20.1 Å². The zero-order chi connectivity index (χ0) is 15.3. The van der Waals surface area contributed by atoms with E-state index < -0.39 is 0 Å². The van der Waals surface area contributed by atoms with Crippen LogP contribution in [0.2, 0.25) is 0 Å². The van der Waals surface area contributed by atoms with Crippen LogP contribution in [-0.2, 0) is 4.74 Å². The number of ether oxygens (including phenoxy) is 1. The summed E-state index contributed by atoms with van der Waals surface area (Å²) in [7, 11) is 0. The van der Waals surface area contributed by atoms with Gasteiger partial charge in [0.2, 0.25) is 0 Å². The van der Waals surface area contributed by atoms with E-state index in [1.807, 2.05) is 0 Å². The summed E-state index contributed by atoms with van der Waals surface area (Å²) in [6, 6.07) is 0. The van der Waals surface area contributed by atoms with Crippen molar-refractivity contribution in [3.8, 4) is 0 Å². The number of hydrogen-bond acceptors (Lipinski definition) is 4. The molecule has 126 valence electrons. The van der Waals surface area contributed by atoms with Gasteiger partial charge in [0.05, 0.1) is 26.4 Å². The molecule has 0 aliphatic rings. The quantitative estimate of drug-likeness (QED) is 0.339. The van der Waals surface area contributed by atoms with Crippen molar-refractivity contribution in [2.45, 2.75) is 71.1 Å². The summed E-state index contributed by atoms with van der Waals surface area (Å²) in [6.45, 7) is 3.33. The van der Waals surface area contributed by atoms with Crippen LogP contribution in [-0.4, -0.2) is 77.9 Å². The number of hydrogen-bond donors (Lipinski definition) is 3. The van der Waals surface area contributed by atoms with Crippen LogP contribution in [0.5, 0.6) is 0 Å². The normalized spacial score (nSPS) is 9.71. The summed E-state index contributed by atoms with van der Waals surface area (Å²) in [6.07, 6.45) is 13.3.